The van der Waals surface area contributed by atoms with Gasteiger partial charge in [0.15, 0.2) is 0 Å². The molecular formula is C11H12N2O. The Balaban J connectivity index is 2.53. The largest absolute Gasteiger partial charge is 0.445 e. The van der Waals surface area contributed by atoms with E-state index >= 15 is 0 Å². The van der Waals surface area contributed by atoms with Crippen molar-refractivity contribution in [2.45, 2.75) is 13.0 Å². The van der Waals surface area contributed by atoms with Gasteiger partial charge in [-0.05, 0) is 18.6 Å². The zero-order valence-corrected chi connectivity index (χ0v) is 7.97. The molecule has 0 spiro atoms. The molecule has 0 bridgehead atoms. The molecule has 0 fully saturated rings. The Hall–Kier alpha value is -1.61. The summed E-state index contributed by atoms with van der Waals surface area (Å²) in [5.74, 6) is 0.623. The summed E-state index contributed by atoms with van der Waals surface area (Å²) in [5.41, 5.74) is 7.87. The molecule has 2 aromatic rings. The van der Waals surface area contributed by atoms with Gasteiger partial charge in [0.25, 0.3) is 0 Å². The van der Waals surface area contributed by atoms with Crippen molar-refractivity contribution in [3.05, 3.63) is 42.3 Å². The van der Waals surface area contributed by atoms with E-state index in [0.29, 0.717) is 5.89 Å². The average molecular weight is 188 g/mol. The Morgan fingerprint density at radius 2 is 2.14 bits per heavy atom. The van der Waals surface area contributed by atoms with E-state index in [1.54, 1.807) is 12.5 Å². The van der Waals surface area contributed by atoms with E-state index in [0.717, 1.165) is 11.1 Å². The van der Waals surface area contributed by atoms with Crippen LogP contribution in [0.5, 0.6) is 0 Å². The van der Waals surface area contributed by atoms with Crippen LogP contribution in [0.25, 0.3) is 11.5 Å². The first-order valence-electron chi connectivity index (χ1n) is 4.53. The summed E-state index contributed by atoms with van der Waals surface area (Å²) in [6.45, 7) is 1.95. The van der Waals surface area contributed by atoms with Gasteiger partial charge in [0.05, 0.1) is 6.20 Å². The molecule has 0 saturated carbocycles. The van der Waals surface area contributed by atoms with Gasteiger partial charge in [-0.1, -0.05) is 18.2 Å². The Morgan fingerprint density at radius 1 is 1.36 bits per heavy atom. The Morgan fingerprint density at radius 3 is 2.79 bits per heavy atom. The fourth-order valence-electron chi connectivity index (χ4n) is 1.45. The molecule has 1 unspecified atom stereocenters. The lowest BCUT2D eigenvalue weighted by Gasteiger charge is -2.09. The molecule has 72 valence electrons. The molecule has 1 aromatic carbocycles. The molecule has 2 rings (SSSR count). The lowest BCUT2D eigenvalue weighted by Crippen LogP contribution is -2.06. The van der Waals surface area contributed by atoms with Crippen LogP contribution in [0.4, 0.5) is 0 Å². The van der Waals surface area contributed by atoms with Gasteiger partial charge < -0.3 is 10.2 Å². The minimum Gasteiger partial charge on any atom is -0.445 e. The number of nitrogens with two attached hydrogens (primary N) is 1. The summed E-state index contributed by atoms with van der Waals surface area (Å²) in [4.78, 5) is 4.11. The average Bonchev–Trinajstić information content (AvgIpc) is 2.70. The van der Waals surface area contributed by atoms with Crippen LogP contribution in [-0.2, 0) is 0 Å². The topological polar surface area (TPSA) is 52.0 Å². The lowest BCUT2D eigenvalue weighted by atomic mass is 10.0. The Kier molecular flexibility index (Phi) is 2.33. The maximum Gasteiger partial charge on any atom is 0.226 e. The molecule has 0 aliphatic rings. The van der Waals surface area contributed by atoms with Crippen LogP contribution in [0.15, 0.2) is 41.1 Å². The molecular weight excluding hydrogens is 176 g/mol. The third-order valence-corrected chi connectivity index (χ3v) is 2.11. The first-order chi connectivity index (χ1) is 6.79. The number of benzene rings is 1. The Bertz CT molecular complexity index is 407. The van der Waals surface area contributed by atoms with E-state index in [-0.39, 0.29) is 6.04 Å². The van der Waals surface area contributed by atoms with E-state index in [2.05, 4.69) is 4.98 Å². The van der Waals surface area contributed by atoms with Crippen molar-refractivity contribution in [1.29, 1.82) is 0 Å². The van der Waals surface area contributed by atoms with E-state index < -0.39 is 0 Å². The van der Waals surface area contributed by atoms with Gasteiger partial charge in [0, 0.05) is 11.6 Å². The normalized spacial score (nSPS) is 12.7. The first-order valence-corrected chi connectivity index (χ1v) is 4.53. The van der Waals surface area contributed by atoms with E-state index in [1.807, 2.05) is 31.2 Å². The second-order valence-electron chi connectivity index (χ2n) is 3.21. The monoisotopic (exact) mass is 188 g/mol. The Labute approximate surface area is 82.6 Å². The van der Waals surface area contributed by atoms with Crippen LogP contribution in [-0.4, -0.2) is 4.98 Å². The van der Waals surface area contributed by atoms with Crippen molar-refractivity contribution in [3.8, 4) is 11.5 Å². The predicted molar refractivity (Wildman–Crippen MR) is 54.5 cm³/mol. The van der Waals surface area contributed by atoms with E-state index in [1.165, 1.54) is 0 Å². The maximum absolute atomic E-state index is 5.85. The standard InChI is InChI=1S/C11H12N2O/c1-8(12)9-4-2-3-5-10(9)11-13-6-7-14-11/h2-8H,12H2,1H3. The summed E-state index contributed by atoms with van der Waals surface area (Å²) in [6.07, 6.45) is 3.20. The molecule has 0 amide bonds. The first kappa shape index (κ1) is 8.97. The van der Waals surface area contributed by atoms with Crippen LogP contribution in [0.1, 0.15) is 18.5 Å². The SMILES string of the molecule is CC(N)c1ccccc1-c1ncco1. The smallest absolute Gasteiger partial charge is 0.226 e. The number of oxazole rings is 1. The minimum absolute atomic E-state index is 0.0156. The number of hydrogen-bond donors (Lipinski definition) is 1. The van der Waals surface area contributed by atoms with Gasteiger partial charge in [-0.3, -0.25) is 0 Å². The van der Waals surface area contributed by atoms with Crippen LogP contribution < -0.4 is 5.73 Å². The maximum atomic E-state index is 5.85. The van der Waals surface area contributed by atoms with Gasteiger partial charge in [0.1, 0.15) is 6.26 Å². The molecule has 0 aliphatic carbocycles. The minimum atomic E-state index is -0.0156. The van der Waals surface area contributed by atoms with Crippen LogP contribution in [0, 0.1) is 0 Å². The second kappa shape index (κ2) is 3.64. The number of hydrogen-bond acceptors (Lipinski definition) is 3. The molecule has 0 aliphatic heterocycles. The van der Waals surface area contributed by atoms with Crippen molar-refractivity contribution in [2.75, 3.05) is 0 Å². The molecule has 14 heavy (non-hydrogen) atoms. The van der Waals surface area contributed by atoms with Crippen molar-refractivity contribution in [2.24, 2.45) is 5.73 Å². The van der Waals surface area contributed by atoms with Gasteiger partial charge >= 0.3 is 0 Å². The molecule has 1 aromatic heterocycles. The van der Waals surface area contributed by atoms with Crippen LogP contribution >= 0.6 is 0 Å². The lowest BCUT2D eigenvalue weighted by molar-refractivity contribution is 0.573. The van der Waals surface area contributed by atoms with E-state index in [9.17, 15) is 0 Å². The number of nitrogens with zero attached hydrogens (tertiary/aromatic N) is 1. The summed E-state index contributed by atoms with van der Waals surface area (Å²) >= 11 is 0. The van der Waals surface area contributed by atoms with Crippen molar-refractivity contribution in [3.63, 3.8) is 0 Å². The van der Waals surface area contributed by atoms with Gasteiger partial charge in [-0.15, -0.1) is 0 Å². The second-order valence-corrected chi connectivity index (χ2v) is 3.21. The van der Waals surface area contributed by atoms with Gasteiger partial charge in [-0.2, -0.15) is 0 Å². The number of rotatable bonds is 2. The van der Waals surface area contributed by atoms with Gasteiger partial charge in [-0.25, -0.2) is 4.98 Å². The van der Waals surface area contributed by atoms with Crippen LogP contribution in [0.3, 0.4) is 0 Å². The molecule has 0 radical (unpaired) electrons. The molecule has 3 nitrogen and oxygen atoms in total. The highest BCUT2D eigenvalue weighted by atomic mass is 16.3. The van der Waals surface area contributed by atoms with Crippen molar-refractivity contribution < 1.29 is 4.42 Å². The summed E-state index contributed by atoms with van der Waals surface area (Å²) in [6, 6.07) is 7.85. The summed E-state index contributed by atoms with van der Waals surface area (Å²) in [5, 5.41) is 0. The van der Waals surface area contributed by atoms with Gasteiger partial charge in [0.2, 0.25) is 5.89 Å². The highest BCUT2D eigenvalue weighted by Crippen LogP contribution is 2.25. The highest BCUT2D eigenvalue weighted by molar-refractivity contribution is 5.59. The van der Waals surface area contributed by atoms with Crippen molar-refractivity contribution in [1.82, 2.24) is 4.98 Å². The fourth-order valence-corrected chi connectivity index (χ4v) is 1.45. The van der Waals surface area contributed by atoms with Crippen molar-refractivity contribution >= 4 is 0 Å². The third kappa shape index (κ3) is 1.54. The molecule has 3 heteroatoms. The zero-order chi connectivity index (χ0) is 9.97. The highest BCUT2D eigenvalue weighted by Gasteiger charge is 2.10. The van der Waals surface area contributed by atoms with Crippen LogP contribution in [0.2, 0.25) is 0 Å². The summed E-state index contributed by atoms with van der Waals surface area (Å²) in [7, 11) is 0. The molecule has 1 heterocycles. The fraction of sp³-hybridized carbons (Fsp3) is 0.182. The quantitative estimate of drug-likeness (QED) is 0.787. The number of aromatic nitrogens is 1. The van der Waals surface area contributed by atoms with E-state index in [4.69, 9.17) is 10.2 Å². The summed E-state index contributed by atoms with van der Waals surface area (Å²) < 4.78 is 5.24. The predicted octanol–water partition coefficient (Wildman–Crippen LogP) is 2.36. The zero-order valence-electron chi connectivity index (χ0n) is 7.97. The molecule has 2 N–H and O–H groups in total. The molecule has 1 atom stereocenters. The third-order valence-electron chi connectivity index (χ3n) is 2.11. The molecule has 0 saturated heterocycles.